The highest BCUT2D eigenvalue weighted by Crippen LogP contribution is 2.28. The van der Waals surface area contributed by atoms with Gasteiger partial charge in [0.2, 0.25) is 5.91 Å². The Morgan fingerprint density at radius 1 is 1.29 bits per heavy atom. The third-order valence-electron chi connectivity index (χ3n) is 3.98. The molecule has 1 aliphatic heterocycles. The predicted octanol–water partition coefficient (Wildman–Crippen LogP) is 4.29. The molecule has 0 unspecified atom stereocenters. The average Bonchev–Trinajstić information content (AvgIpc) is 3.22. The fourth-order valence-corrected chi connectivity index (χ4v) is 3.60. The zero-order valence-corrected chi connectivity index (χ0v) is 13.9. The van der Waals surface area contributed by atoms with Gasteiger partial charge in [0, 0.05) is 28.9 Å². The van der Waals surface area contributed by atoms with E-state index in [1.54, 1.807) is 17.6 Å². The van der Waals surface area contributed by atoms with E-state index in [2.05, 4.69) is 21.7 Å². The summed E-state index contributed by atoms with van der Waals surface area (Å²) in [6.45, 7) is 0.712. The van der Waals surface area contributed by atoms with Gasteiger partial charge in [-0.05, 0) is 48.7 Å². The highest BCUT2D eigenvalue weighted by molar-refractivity contribution is 7.14. The van der Waals surface area contributed by atoms with E-state index in [0.29, 0.717) is 13.0 Å². The quantitative estimate of drug-likeness (QED) is 0.744. The Bertz CT molecular complexity index is 855. The third-order valence-corrected chi connectivity index (χ3v) is 4.99. The van der Waals surface area contributed by atoms with Gasteiger partial charge in [0.25, 0.3) is 0 Å². The lowest BCUT2D eigenvalue weighted by molar-refractivity contribution is -0.116. The van der Waals surface area contributed by atoms with Gasteiger partial charge in [-0.3, -0.25) is 4.79 Å². The molecule has 6 heteroatoms. The molecule has 0 spiro atoms. The molecule has 5 nitrogen and oxygen atoms in total. The van der Waals surface area contributed by atoms with Crippen LogP contribution in [0.1, 0.15) is 23.3 Å². The van der Waals surface area contributed by atoms with E-state index in [9.17, 15) is 4.79 Å². The minimum atomic E-state index is 0.101. The number of benzene rings is 1. The van der Waals surface area contributed by atoms with Gasteiger partial charge in [-0.1, -0.05) is 0 Å². The van der Waals surface area contributed by atoms with Crippen LogP contribution in [-0.2, 0) is 17.8 Å². The highest BCUT2D eigenvalue weighted by Gasteiger charge is 2.13. The van der Waals surface area contributed by atoms with E-state index in [1.807, 2.05) is 30.5 Å². The molecule has 0 radical (unpaired) electrons. The van der Waals surface area contributed by atoms with E-state index >= 15 is 0 Å². The Balaban J connectivity index is 1.45. The molecule has 4 rings (SSSR count). The number of anilines is 2. The van der Waals surface area contributed by atoms with Crippen molar-refractivity contribution in [3.05, 3.63) is 53.2 Å². The Kier molecular flexibility index (Phi) is 4.04. The number of amides is 1. The van der Waals surface area contributed by atoms with Crippen LogP contribution >= 0.6 is 11.3 Å². The number of aryl methyl sites for hydroxylation is 1. The summed E-state index contributed by atoms with van der Waals surface area (Å²) in [4.78, 5) is 17.1. The van der Waals surface area contributed by atoms with E-state index in [0.717, 1.165) is 39.9 Å². The second-order valence-corrected chi connectivity index (χ2v) is 6.85. The van der Waals surface area contributed by atoms with Gasteiger partial charge >= 0.3 is 0 Å². The van der Waals surface area contributed by atoms with Crippen molar-refractivity contribution in [3.8, 4) is 10.8 Å². The van der Waals surface area contributed by atoms with Crippen molar-refractivity contribution in [2.75, 3.05) is 10.6 Å². The Labute approximate surface area is 143 Å². The third kappa shape index (κ3) is 3.19. The van der Waals surface area contributed by atoms with Gasteiger partial charge in [0.15, 0.2) is 10.8 Å². The van der Waals surface area contributed by atoms with Crippen molar-refractivity contribution in [1.82, 2.24) is 4.98 Å². The van der Waals surface area contributed by atoms with Gasteiger partial charge in [-0.25, -0.2) is 4.98 Å². The Hall–Kier alpha value is -2.60. The number of nitrogens with one attached hydrogen (secondary N) is 2. The van der Waals surface area contributed by atoms with Gasteiger partial charge in [0.1, 0.15) is 0 Å². The molecule has 0 saturated carbocycles. The lowest BCUT2D eigenvalue weighted by Crippen LogP contribution is -2.09. The second kappa shape index (κ2) is 6.49. The molecule has 0 atom stereocenters. The van der Waals surface area contributed by atoms with Crippen LogP contribution in [0.2, 0.25) is 0 Å². The highest BCUT2D eigenvalue weighted by atomic mass is 32.1. The minimum Gasteiger partial charge on any atom is -0.462 e. The molecule has 1 aliphatic rings. The van der Waals surface area contributed by atoms with Gasteiger partial charge in [-0.15, -0.1) is 11.3 Å². The van der Waals surface area contributed by atoms with E-state index in [1.165, 1.54) is 5.56 Å². The molecule has 3 heterocycles. The maximum Gasteiger partial charge on any atom is 0.224 e. The number of fused-ring (bicyclic) bond motifs is 1. The number of hydrogen-bond acceptors (Lipinski definition) is 5. The number of thiazole rings is 1. The first-order valence-electron chi connectivity index (χ1n) is 7.93. The van der Waals surface area contributed by atoms with Crippen LogP contribution in [-0.4, -0.2) is 10.9 Å². The van der Waals surface area contributed by atoms with Crippen molar-refractivity contribution < 1.29 is 9.21 Å². The monoisotopic (exact) mass is 339 g/mol. The average molecular weight is 339 g/mol. The number of rotatable bonds is 4. The summed E-state index contributed by atoms with van der Waals surface area (Å²) >= 11 is 1.62. The van der Waals surface area contributed by atoms with Crippen LogP contribution < -0.4 is 10.6 Å². The maximum absolute atomic E-state index is 11.6. The fourth-order valence-electron chi connectivity index (χ4n) is 2.78. The van der Waals surface area contributed by atoms with Crippen molar-refractivity contribution in [1.29, 1.82) is 0 Å². The summed E-state index contributed by atoms with van der Waals surface area (Å²) in [6, 6.07) is 9.87. The van der Waals surface area contributed by atoms with E-state index in [-0.39, 0.29) is 5.91 Å². The summed E-state index contributed by atoms with van der Waals surface area (Å²) < 4.78 is 5.37. The normalized spacial score (nSPS) is 13.9. The standard InChI is InChI=1S/C18H17N3O2S/c22-17-5-1-3-12-9-13(6-7-15(12)21-17)19-10-14-11-20-18(24-14)16-4-2-8-23-16/h2,4,6-9,11,19H,1,3,5,10H2,(H,21,22). The first kappa shape index (κ1) is 15.0. The van der Waals surface area contributed by atoms with Crippen LogP contribution in [0.25, 0.3) is 10.8 Å². The zero-order chi connectivity index (χ0) is 16.4. The molecule has 2 aromatic heterocycles. The van der Waals surface area contributed by atoms with Crippen LogP contribution in [0.5, 0.6) is 0 Å². The van der Waals surface area contributed by atoms with Crippen LogP contribution in [0.3, 0.4) is 0 Å². The van der Waals surface area contributed by atoms with Gasteiger partial charge < -0.3 is 15.1 Å². The summed E-state index contributed by atoms with van der Waals surface area (Å²) in [7, 11) is 0. The second-order valence-electron chi connectivity index (χ2n) is 5.74. The van der Waals surface area contributed by atoms with Crippen LogP contribution in [0.4, 0.5) is 11.4 Å². The number of carbonyl (C=O) groups is 1. The lowest BCUT2D eigenvalue weighted by Gasteiger charge is -2.10. The molecule has 1 aromatic carbocycles. The maximum atomic E-state index is 11.6. The summed E-state index contributed by atoms with van der Waals surface area (Å²) in [5, 5.41) is 7.28. The molecule has 1 amide bonds. The molecule has 2 N–H and O–H groups in total. The fraction of sp³-hybridized carbons (Fsp3) is 0.222. The molecular weight excluding hydrogens is 322 g/mol. The molecular formula is C18H17N3O2S. The predicted molar refractivity (Wildman–Crippen MR) is 95.2 cm³/mol. The smallest absolute Gasteiger partial charge is 0.224 e. The van der Waals surface area contributed by atoms with E-state index in [4.69, 9.17) is 4.42 Å². The molecule has 3 aromatic rings. The first-order valence-corrected chi connectivity index (χ1v) is 8.75. The van der Waals surface area contributed by atoms with Crippen molar-refractivity contribution in [2.45, 2.75) is 25.8 Å². The number of nitrogens with zero attached hydrogens (tertiary/aromatic N) is 1. The Morgan fingerprint density at radius 3 is 3.12 bits per heavy atom. The lowest BCUT2D eigenvalue weighted by atomic mass is 10.1. The van der Waals surface area contributed by atoms with Crippen LogP contribution in [0, 0.1) is 0 Å². The van der Waals surface area contributed by atoms with E-state index < -0.39 is 0 Å². The van der Waals surface area contributed by atoms with Gasteiger partial charge in [-0.2, -0.15) is 0 Å². The molecule has 0 fully saturated rings. The molecule has 0 bridgehead atoms. The molecule has 0 aliphatic carbocycles. The van der Waals surface area contributed by atoms with Crippen LogP contribution in [0.15, 0.2) is 47.2 Å². The number of carbonyl (C=O) groups excluding carboxylic acids is 1. The molecule has 122 valence electrons. The first-order chi connectivity index (χ1) is 11.8. The van der Waals surface area contributed by atoms with Gasteiger partial charge in [0.05, 0.1) is 12.8 Å². The summed E-state index contributed by atoms with van der Waals surface area (Å²) in [6.07, 6.45) is 5.94. The summed E-state index contributed by atoms with van der Waals surface area (Å²) in [5.74, 6) is 0.900. The Morgan fingerprint density at radius 2 is 2.25 bits per heavy atom. The molecule has 24 heavy (non-hydrogen) atoms. The number of aromatic nitrogens is 1. The minimum absolute atomic E-state index is 0.101. The van der Waals surface area contributed by atoms with Crippen molar-refractivity contribution in [2.24, 2.45) is 0 Å². The largest absolute Gasteiger partial charge is 0.462 e. The zero-order valence-electron chi connectivity index (χ0n) is 13.0. The summed E-state index contributed by atoms with van der Waals surface area (Å²) in [5.41, 5.74) is 3.17. The topological polar surface area (TPSA) is 67.2 Å². The van der Waals surface area contributed by atoms with Crippen molar-refractivity contribution >= 4 is 28.6 Å². The number of hydrogen-bond donors (Lipinski definition) is 2. The number of furan rings is 1. The SMILES string of the molecule is O=C1CCCc2cc(NCc3cnc(-c4ccco4)s3)ccc2N1. The molecule has 0 saturated heterocycles. The van der Waals surface area contributed by atoms with Crippen molar-refractivity contribution in [3.63, 3.8) is 0 Å².